The molecule has 2 fully saturated rings. The normalized spacial score (nSPS) is 27.6. The molecule has 0 amide bonds. The Morgan fingerprint density at radius 1 is 1.17 bits per heavy atom. The fourth-order valence-electron chi connectivity index (χ4n) is 3.99. The summed E-state index contributed by atoms with van der Waals surface area (Å²) in [4.78, 5) is 12.3. The number of aliphatic hydroxyl groups is 2. The van der Waals surface area contributed by atoms with E-state index in [2.05, 4.69) is 15.0 Å². The van der Waals surface area contributed by atoms with Gasteiger partial charge < -0.3 is 25.4 Å². The molecule has 10 heteroatoms. The van der Waals surface area contributed by atoms with Crippen molar-refractivity contribution >= 4 is 28.6 Å². The van der Waals surface area contributed by atoms with Gasteiger partial charge in [-0.2, -0.15) is 0 Å². The van der Waals surface area contributed by atoms with Gasteiger partial charge in [-0.3, -0.25) is 4.57 Å². The lowest BCUT2D eigenvalue weighted by Crippen LogP contribution is -2.34. The molecule has 1 saturated carbocycles. The molecular weight excluding hydrogens is 410 g/mol. The van der Waals surface area contributed by atoms with Gasteiger partial charge in [0.1, 0.15) is 30.2 Å². The van der Waals surface area contributed by atoms with Crippen LogP contribution in [0.5, 0.6) is 0 Å². The van der Waals surface area contributed by atoms with Gasteiger partial charge in [0.25, 0.3) is 0 Å². The molecule has 4 atom stereocenters. The van der Waals surface area contributed by atoms with Crippen molar-refractivity contribution in [2.24, 2.45) is 0 Å². The minimum Gasteiger partial charge on any atom is -0.387 e. The number of nitrogen functional groups attached to an aromatic ring is 1. The fraction of sp³-hybridized carbons (Fsp3) is 0.450. The largest absolute Gasteiger partial charge is 0.387 e. The number of hydrogen-bond donors (Lipinski definition) is 3. The van der Waals surface area contributed by atoms with Crippen molar-refractivity contribution in [2.45, 2.75) is 42.8 Å². The van der Waals surface area contributed by atoms with E-state index in [1.165, 1.54) is 18.2 Å². The van der Waals surface area contributed by atoms with Gasteiger partial charge in [0.05, 0.1) is 19.5 Å². The van der Waals surface area contributed by atoms with Gasteiger partial charge in [-0.05, 0) is 30.5 Å². The number of aliphatic hydroxyl groups excluding tert-OH is 2. The average molecular weight is 432 g/mol. The molecule has 1 aliphatic heterocycles. The van der Waals surface area contributed by atoms with Crippen molar-refractivity contribution in [1.29, 1.82) is 0 Å². The standard InChI is InChI=1S/C20H22ClN5O4/c21-12-3-1-11(2-4-12)20(5-6-20)8-29-7-13-15(27)16(28)19(30-13)26-10-25-14-17(22)23-9-24-18(14)26/h1-4,9-10,13,15-16,19,27-28H,5-8H2,(H2,22,23,24)/t13-,15-,16-,19-/m1/s1. The molecule has 9 nitrogen and oxygen atoms in total. The SMILES string of the molecule is Nc1ncnc2c1ncn2[C@@H]1O[C@H](COCC2(c3ccc(Cl)cc3)CC2)[C@@H](O)[C@H]1O. The Morgan fingerprint density at radius 2 is 1.93 bits per heavy atom. The average Bonchev–Trinajstić information content (AvgIpc) is 3.32. The van der Waals surface area contributed by atoms with E-state index >= 15 is 0 Å². The molecule has 3 heterocycles. The Hall–Kier alpha value is -2.30. The summed E-state index contributed by atoms with van der Waals surface area (Å²) >= 11 is 5.98. The third kappa shape index (κ3) is 3.32. The molecule has 30 heavy (non-hydrogen) atoms. The topological polar surface area (TPSA) is 129 Å². The van der Waals surface area contributed by atoms with Crippen LogP contribution in [0.1, 0.15) is 24.6 Å². The molecule has 0 bridgehead atoms. The molecule has 1 aromatic carbocycles. The van der Waals surface area contributed by atoms with Crippen molar-refractivity contribution in [1.82, 2.24) is 19.5 Å². The summed E-state index contributed by atoms with van der Waals surface area (Å²) in [7, 11) is 0. The maximum absolute atomic E-state index is 10.5. The lowest BCUT2D eigenvalue weighted by molar-refractivity contribution is -0.0678. The first-order valence-electron chi connectivity index (χ1n) is 9.77. The molecule has 2 aliphatic rings. The number of nitrogens with zero attached hydrogens (tertiary/aromatic N) is 4. The van der Waals surface area contributed by atoms with E-state index in [-0.39, 0.29) is 17.8 Å². The smallest absolute Gasteiger partial charge is 0.167 e. The maximum Gasteiger partial charge on any atom is 0.167 e. The second-order valence-corrected chi connectivity index (χ2v) is 8.37. The molecule has 0 spiro atoms. The van der Waals surface area contributed by atoms with Crippen LogP contribution in [0.15, 0.2) is 36.9 Å². The van der Waals surface area contributed by atoms with Crippen LogP contribution < -0.4 is 5.73 Å². The van der Waals surface area contributed by atoms with Gasteiger partial charge in [-0.15, -0.1) is 0 Å². The van der Waals surface area contributed by atoms with E-state index in [0.717, 1.165) is 12.8 Å². The number of hydrogen-bond acceptors (Lipinski definition) is 8. The molecule has 2 aromatic heterocycles. The third-order valence-electron chi connectivity index (χ3n) is 5.97. The molecule has 1 saturated heterocycles. The summed E-state index contributed by atoms with van der Waals surface area (Å²) in [6.07, 6.45) is 1.09. The first-order chi connectivity index (χ1) is 14.5. The van der Waals surface area contributed by atoms with Gasteiger partial charge >= 0.3 is 0 Å². The highest BCUT2D eigenvalue weighted by Crippen LogP contribution is 2.48. The maximum atomic E-state index is 10.5. The Bertz CT molecular complexity index is 1060. The van der Waals surface area contributed by atoms with Gasteiger partial charge in [-0.1, -0.05) is 23.7 Å². The van der Waals surface area contributed by atoms with Gasteiger partial charge in [0, 0.05) is 10.4 Å². The molecule has 1 aliphatic carbocycles. The molecule has 4 N–H and O–H groups in total. The third-order valence-corrected chi connectivity index (χ3v) is 6.22. The predicted molar refractivity (Wildman–Crippen MR) is 109 cm³/mol. The second-order valence-electron chi connectivity index (χ2n) is 7.93. The minimum atomic E-state index is -1.15. The Morgan fingerprint density at radius 3 is 2.67 bits per heavy atom. The summed E-state index contributed by atoms with van der Waals surface area (Å²) in [6.45, 7) is 0.674. The number of nitrogens with two attached hydrogens (primary N) is 1. The van der Waals surface area contributed by atoms with Crippen molar-refractivity contribution in [3.8, 4) is 0 Å². The Kier molecular flexibility index (Phi) is 4.87. The van der Waals surface area contributed by atoms with Crippen molar-refractivity contribution in [3.05, 3.63) is 47.5 Å². The molecule has 0 radical (unpaired) electrons. The van der Waals surface area contributed by atoms with Crippen molar-refractivity contribution < 1.29 is 19.7 Å². The van der Waals surface area contributed by atoms with Crippen LogP contribution in [-0.4, -0.2) is 61.3 Å². The Balaban J connectivity index is 1.25. The van der Waals surface area contributed by atoms with Gasteiger partial charge in [-0.25, -0.2) is 15.0 Å². The number of rotatable bonds is 6. The van der Waals surface area contributed by atoms with Gasteiger partial charge in [0.15, 0.2) is 17.7 Å². The number of anilines is 1. The minimum absolute atomic E-state index is 0.0127. The van der Waals surface area contributed by atoms with Crippen LogP contribution in [-0.2, 0) is 14.9 Å². The van der Waals surface area contributed by atoms with Crippen LogP contribution in [0.4, 0.5) is 5.82 Å². The number of fused-ring (bicyclic) bond motifs is 1. The molecule has 158 valence electrons. The van der Waals surface area contributed by atoms with E-state index in [1.807, 2.05) is 24.3 Å². The number of aromatic nitrogens is 4. The zero-order chi connectivity index (χ0) is 20.9. The van der Waals surface area contributed by atoms with Crippen LogP contribution in [0.3, 0.4) is 0 Å². The highest BCUT2D eigenvalue weighted by Gasteiger charge is 2.47. The number of ether oxygens (including phenoxy) is 2. The summed E-state index contributed by atoms with van der Waals surface area (Å²) < 4.78 is 13.4. The van der Waals surface area contributed by atoms with E-state index in [4.69, 9.17) is 26.8 Å². The van der Waals surface area contributed by atoms with Crippen LogP contribution >= 0.6 is 11.6 Å². The quantitative estimate of drug-likeness (QED) is 0.534. The summed E-state index contributed by atoms with van der Waals surface area (Å²) in [6, 6.07) is 7.81. The van der Waals surface area contributed by atoms with Crippen molar-refractivity contribution in [2.75, 3.05) is 18.9 Å². The van der Waals surface area contributed by atoms with E-state index in [9.17, 15) is 10.2 Å². The lowest BCUT2D eigenvalue weighted by Gasteiger charge is -2.19. The second kappa shape index (κ2) is 7.44. The number of benzene rings is 1. The van der Waals surface area contributed by atoms with Crippen LogP contribution in [0.2, 0.25) is 5.02 Å². The van der Waals surface area contributed by atoms with E-state index < -0.39 is 24.5 Å². The molecule has 0 unspecified atom stereocenters. The monoisotopic (exact) mass is 431 g/mol. The molecule has 3 aromatic rings. The summed E-state index contributed by atoms with van der Waals surface area (Å²) in [5.74, 6) is 0.239. The first-order valence-corrected chi connectivity index (χ1v) is 10.1. The van der Waals surface area contributed by atoms with Crippen molar-refractivity contribution in [3.63, 3.8) is 0 Å². The zero-order valence-corrected chi connectivity index (χ0v) is 16.8. The zero-order valence-electron chi connectivity index (χ0n) is 16.1. The lowest BCUT2D eigenvalue weighted by atomic mass is 9.97. The predicted octanol–water partition coefficient (Wildman–Crippen LogP) is 1.43. The summed E-state index contributed by atoms with van der Waals surface area (Å²) in [5.41, 5.74) is 7.85. The van der Waals surface area contributed by atoms with Crippen LogP contribution in [0.25, 0.3) is 11.2 Å². The highest BCUT2D eigenvalue weighted by molar-refractivity contribution is 6.30. The highest BCUT2D eigenvalue weighted by atomic mass is 35.5. The van der Waals surface area contributed by atoms with E-state index in [1.54, 1.807) is 4.57 Å². The number of halogens is 1. The molecule has 5 rings (SSSR count). The van der Waals surface area contributed by atoms with E-state index in [0.29, 0.717) is 22.8 Å². The number of imidazole rings is 1. The van der Waals surface area contributed by atoms with Crippen LogP contribution in [0, 0.1) is 0 Å². The van der Waals surface area contributed by atoms with Gasteiger partial charge in [0.2, 0.25) is 0 Å². The fourth-order valence-corrected chi connectivity index (χ4v) is 4.12. The molecular formula is C20H22ClN5O4. The summed E-state index contributed by atoms with van der Waals surface area (Å²) in [5, 5.41) is 21.7. The first kappa shape index (κ1) is 19.7. The Labute approximate surface area is 177 Å².